The Balaban J connectivity index is 1.77. The first-order chi connectivity index (χ1) is 9.15. The van der Waals surface area contributed by atoms with Crippen LogP contribution in [0.5, 0.6) is 5.75 Å². The van der Waals surface area contributed by atoms with E-state index in [4.69, 9.17) is 16.3 Å². The highest BCUT2D eigenvalue weighted by atomic mass is 79.9. The summed E-state index contributed by atoms with van der Waals surface area (Å²) in [4.78, 5) is 0. The lowest BCUT2D eigenvalue weighted by molar-refractivity contribution is 0.333. The van der Waals surface area contributed by atoms with Crippen LogP contribution in [-0.2, 0) is 0 Å². The van der Waals surface area contributed by atoms with Crippen molar-refractivity contribution in [3.63, 3.8) is 0 Å². The van der Waals surface area contributed by atoms with Crippen molar-refractivity contribution in [3.8, 4) is 5.75 Å². The molecule has 0 aliphatic rings. The molecular weight excluding hydrogens is 393 g/mol. The van der Waals surface area contributed by atoms with Gasteiger partial charge in [0, 0.05) is 21.2 Å². The minimum Gasteiger partial charge on any atom is -0.492 e. The van der Waals surface area contributed by atoms with Crippen LogP contribution in [0, 0.1) is 0 Å². The summed E-state index contributed by atoms with van der Waals surface area (Å²) < 4.78 is 7.55. The Bertz CT molecular complexity index is 546. The van der Waals surface area contributed by atoms with Gasteiger partial charge in [0.1, 0.15) is 12.4 Å². The van der Waals surface area contributed by atoms with E-state index in [0.717, 1.165) is 20.4 Å². The zero-order valence-electron chi connectivity index (χ0n) is 10.00. The van der Waals surface area contributed by atoms with Gasteiger partial charge in [-0.25, -0.2) is 0 Å². The molecule has 1 N–H and O–H groups in total. The molecule has 0 unspecified atom stereocenters. The Labute approximate surface area is 134 Å². The fourth-order valence-electron chi connectivity index (χ4n) is 1.50. The number of hydrogen-bond acceptors (Lipinski definition) is 2. The molecule has 2 rings (SSSR count). The molecule has 0 radical (unpaired) electrons. The molecule has 0 aromatic heterocycles. The molecule has 0 saturated heterocycles. The molecule has 2 nitrogen and oxygen atoms in total. The highest BCUT2D eigenvalue weighted by molar-refractivity contribution is 9.10. The van der Waals surface area contributed by atoms with Crippen LogP contribution in [0.3, 0.4) is 0 Å². The van der Waals surface area contributed by atoms with Gasteiger partial charge in [0.25, 0.3) is 0 Å². The van der Waals surface area contributed by atoms with Crippen LogP contribution in [-0.4, -0.2) is 13.2 Å². The Hall–Kier alpha value is -0.710. The Morgan fingerprint density at radius 1 is 1.05 bits per heavy atom. The van der Waals surface area contributed by atoms with Gasteiger partial charge in [-0.15, -0.1) is 0 Å². The molecule has 2 aromatic carbocycles. The molecular formula is C14H12Br2ClNO. The standard InChI is InChI=1S/C14H12Br2ClNO/c15-10-1-4-12(5-2-10)19-8-7-18-11-3-6-13(16)14(17)9-11/h1-6,9,18H,7-8H2. The van der Waals surface area contributed by atoms with Crippen molar-refractivity contribution in [1.82, 2.24) is 0 Å². The highest BCUT2D eigenvalue weighted by Crippen LogP contribution is 2.25. The Morgan fingerprint density at radius 2 is 1.79 bits per heavy atom. The van der Waals surface area contributed by atoms with Gasteiger partial charge < -0.3 is 10.1 Å². The van der Waals surface area contributed by atoms with E-state index in [2.05, 4.69) is 37.2 Å². The van der Waals surface area contributed by atoms with E-state index in [1.54, 1.807) is 0 Å². The predicted molar refractivity (Wildman–Crippen MR) is 87.3 cm³/mol. The van der Waals surface area contributed by atoms with Crippen LogP contribution < -0.4 is 10.1 Å². The van der Waals surface area contributed by atoms with Gasteiger partial charge in [-0.05, 0) is 58.4 Å². The van der Waals surface area contributed by atoms with Gasteiger partial charge in [-0.2, -0.15) is 0 Å². The molecule has 19 heavy (non-hydrogen) atoms. The van der Waals surface area contributed by atoms with Crippen molar-refractivity contribution in [2.45, 2.75) is 0 Å². The summed E-state index contributed by atoms with van der Waals surface area (Å²) in [5.74, 6) is 0.860. The maximum Gasteiger partial charge on any atom is 0.119 e. The number of anilines is 1. The van der Waals surface area contributed by atoms with Crippen LogP contribution in [0.25, 0.3) is 0 Å². The third-order valence-corrected chi connectivity index (χ3v) is 4.19. The lowest BCUT2D eigenvalue weighted by atomic mass is 10.3. The molecule has 0 amide bonds. The largest absolute Gasteiger partial charge is 0.492 e. The molecule has 5 heteroatoms. The molecule has 0 heterocycles. The maximum atomic E-state index is 6.01. The zero-order chi connectivity index (χ0) is 13.7. The fourth-order valence-corrected chi connectivity index (χ4v) is 2.19. The minimum absolute atomic E-state index is 0.593. The van der Waals surface area contributed by atoms with Gasteiger partial charge in [0.05, 0.1) is 5.02 Å². The Kier molecular flexibility index (Phi) is 5.55. The third kappa shape index (κ3) is 4.71. The van der Waals surface area contributed by atoms with Gasteiger partial charge in [-0.1, -0.05) is 27.5 Å². The van der Waals surface area contributed by atoms with E-state index >= 15 is 0 Å². The number of nitrogens with one attached hydrogen (secondary N) is 1. The third-order valence-electron chi connectivity index (χ3n) is 2.43. The van der Waals surface area contributed by atoms with Crippen LogP contribution in [0.15, 0.2) is 51.4 Å². The molecule has 0 saturated carbocycles. The number of benzene rings is 2. The molecule has 100 valence electrons. The van der Waals surface area contributed by atoms with Crippen LogP contribution in [0.2, 0.25) is 5.02 Å². The van der Waals surface area contributed by atoms with E-state index in [1.807, 2.05) is 42.5 Å². The van der Waals surface area contributed by atoms with E-state index in [0.29, 0.717) is 18.2 Å². The van der Waals surface area contributed by atoms with Crippen LogP contribution >= 0.6 is 43.5 Å². The zero-order valence-corrected chi connectivity index (χ0v) is 13.9. The lowest BCUT2D eigenvalue weighted by Crippen LogP contribution is -2.11. The second kappa shape index (κ2) is 7.17. The van der Waals surface area contributed by atoms with Crippen LogP contribution in [0.1, 0.15) is 0 Å². The smallest absolute Gasteiger partial charge is 0.119 e. The molecule has 0 bridgehead atoms. The van der Waals surface area contributed by atoms with E-state index in [1.165, 1.54) is 0 Å². The maximum absolute atomic E-state index is 6.01. The minimum atomic E-state index is 0.593. The topological polar surface area (TPSA) is 21.3 Å². The van der Waals surface area contributed by atoms with Crippen molar-refractivity contribution in [1.29, 1.82) is 0 Å². The fraction of sp³-hybridized carbons (Fsp3) is 0.143. The van der Waals surface area contributed by atoms with E-state index in [-0.39, 0.29) is 0 Å². The summed E-state index contributed by atoms with van der Waals surface area (Å²) in [6, 6.07) is 13.5. The molecule has 0 fully saturated rings. The van der Waals surface area contributed by atoms with Crippen molar-refractivity contribution in [2.75, 3.05) is 18.5 Å². The molecule has 0 spiro atoms. The first-order valence-corrected chi connectivity index (χ1v) is 7.69. The monoisotopic (exact) mass is 403 g/mol. The Morgan fingerprint density at radius 3 is 2.47 bits per heavy atom. The molecule has 0 aliphatic carbocycles. The second-order valence-electron chi connectivity index (χ2n) is 3.86. The number of rotatable bonds is 5. The average molecular weight is 406 g/mol. The average Bonchev–Trinajstić information content (AvgIpc) is 2.41. The van der Waals surface area contributed by atoms with Gasteiger partial charge >= 0.3 is 0 Å². The molecule has 0 atom stereocenters. The number of hydrogen-bond donors (Lipinski definition) is 1. The first kappa shape index (κ1) is 14.7. The van der Waals surface area contributed by atoms with Gasteiger partial charge in [0.2, 0.25) is 0 Å². The first-order valence-electron chi connectivity index (χ1n) is 5.72. The van der Waals surface area contributed by atoms with Crippen molar-refractivity contribution in [3.05, 3.63) is 56.4 Å². The van der Waals surface area contributed by atoms with E-state index < -0.39 is 0 Å². The highest BCUT2D eigenvalue weighted by Gasteiger charge is 1.99. The van der Waals surface area contributed by atoms with Gasteiger partial charge in [0.15, 0.2) is 0 Å². The summed E-state index contributed by atoms with van der Waals surface area (Å²) in [5.41, 5.74) is 0.979. The van der Waals surface area contributed by atoms with Gasteiger partial charge in [-0.3, -0.25) is 0 Å². The van der Waals surface area contributed by atoms with E-state index in [9.17, 15) is 0 Å². The summed E-state index contributed by atoms with van der Waals surface area (Å²) in [6.07, 6.45) is 0. The summed E-state index contributed by atoms with van der Waals surface area (Å²) in [5, 5.41) is 3.95. The lowest BCUT2D eigenvalue weighted by Gasteiger charge is -2.09. The molecule has 2 aromatic rings. The summed E-state index contributed by atoms with van der Waals surface area (Å²) in [7, 11) is 0. The quantitative estimate of drug-likeness (QED) is 0.677. The normalized spacial score (nSPS) is 10.3. The summed E-state index contributed by atoms with van der Waals surface area (Å²) in [6.45, 7) is 1.31. The second-order valence-corrected chi connectivity index (χ2v) is 6.04. The SMILES string of the molecule is Clc1cc(NCCOc2ccc(Br)cc2)ccc1Br. The molecule has 0 aliphatic heterocycles. The number of halogens is 3. The number of ether oxygens (including phenoxy) is 1. The van der Waals surface area contributed by atoms with Crippen molar-refractivity contribution in [2.24, 2.45) is 0 Å². The predicted octanol–water partition coefficient (Wildman–Crippen LogP) is 5.36. The van der Waals surface area contributed by atoms with Crippen molar-refractivity contribution >= 4 is 49.1 Å². The van der Waals surface area contributed by atoms with Crippen molar-refractivity contribution < 1.29 is 4.74 Å². The summed E-state index contributed by atoms with van der Waals surface area (Å²) >= 11 is 12.8. The van der Waals surface area contributed by atoms with Crippen LogP contribution in [0.4, 0.5) is 5.69 Å².